The Balaban J connectivity index is 1.14. The number of fused-ring (bicyclic) bond motifs is 8. The summed E-state index contributed by atoms with van der Waals surface area (Å²) in [5.41, 5.74) is 11.2. The summed E-state index contributed by atoms with van der Waals surface area (Å²) in [5.74, 6) is 0. The molecule has 0 N–H and O–H groups in total. The van der Waals surface area contributed by atoms with Crippen molar-refractivity contribution in [3.63, 3.8) is 0 Å². The fraction of sp³-hybridized carbons (Fsp3) is 0. The molecule has 230 valence electrons. The van der Waals surface area contributed by atoms with Crippen LogP contribution in [0.25, 0.3) is 76.9 Å². The maximum atomic E-state index is 6.79. The van der Waals surface area contributed by atoms with Gasteiger partial charge in [0.1, 0.15) is 22.3 Å². The lowest BCUT2D eigenvalue weighted by atomic mass is 9.98. The van der Waals surface area contributed by atoms with Crippen LogP contribution in [0.15, 0.2) is 185 Å². The molecule has 10 rings (SSSR count). The van der Waals surface area contributed by atoms with Gasteiger partial charge in [-0.15, -0.1) is 0 Å². The summed E-state index contributed by atoms with van der Waals surface area (Å²) in [6.07, 6.45) is 0. The monoisotopic (exact) mass is 627 g/mol. The molecule has 0 spiro atoms. The molecule has 0 bridgehead atoms. The first-order valence-corrected chi connectivity index (χ1v) is 16.6. The van der Waals surface area contributed by atoms with Gasteiger partial charge >= 0.3 is 0 Å². The lowest BCUT2D eigenvalue weighted by molar-refractivity contribution is 0.670. The molecular formula is C46H29NO2. The van der Waals surface area contributed by atoms with Crippen molar-refractivity contribution < 1.29 is 8.83 Å². The van der Waals surface area contributed by atoms with Crippen LogP contribution >= 0.6 is 0 Å². The van der Waals surface area contributed by atoms with Gasteiger partial charge in [0.2, 0.25) is 0 Å². The highest BCUT2D eigenvalue weighted by molar-refractivity contribution is 6.17. The second-order valence-electron chi connectivity index (χ2n) is 12.5. The highest BCUT2D eigenvalue weighted by Gasteiger charge is 2.21. The predicted molar refractivity (Wildman–Crippen MR) is 204 cm³/mol. The van der Waals surface area contributed by atoms with Crippen molar-refractivity contribution >= 4 is 71.7 Å². The standard InChI is InChI=1S/C46H29NO2/c1-2-13-32(14-3-1)47(33-27-24-31(25-28-33)35-18-10-20-39-37-17-7-9-23-43(37)48-44(35)39)42-22-8-6-16-36(42)38-19-11-21-40-41-29-26-30-12-4-5-15-34(30)45(41)49-46(38)40/h1-29H. The Morgan fingerprint density at radius 2 is 0.918 bits per heavy atom. The Hall–Kier alpha value is -6.58. The Labute approximate surface area is 282 Å². The zero-order valence-corrected chi connectivity index (χ0v) is 26.5. The lowest BCUT2D eigenvalue weighted by Gasteiger charge is -2.28. The van der Waals surface area contributed by atoms with Gasteiger partial charge in [-0.3, -0.25) is 0 Å². The number of rotatable bonds is 5. The fourth-order valence-electron chi connectivity index (χ4n) is 7.40. The molecule has 0 radical (unpaired) electrons. The number of para-hydroxylation sites is 5. The Morgan fingerprint density at radius 1 is 0.327 bits per heavy atom. The van der Waals surface area contributed by atoms with Crippen LogP contribution in [0.2, 0.25) is 0 Å². The highest BCUT2D eigenvalue weighted by Crippen LogP contribution is 2.45. The maximum absolute atomic E-state index is 6.79. The highest BCUT2D eigenvalue weighted by atomic mass is 16.3. The molecule has 2 aromatic heterocycles. The van der Waals surface area contributed by atoms with Gasteiger partial charge in [-0.1, -0.05) is 133 Å². The van der Waals surface area contributed by atoms with E-state index >= 15 is 0 Å². The van der Waals surface area contributed by atoms with E-state index < -0.39 is 0 Å². The van der Waals surface area contributed by atoms with Crippen LogP contribution < -0.4 is 4.90 Å². The van der Waals surface area contributed by atoms with E-state index in [9.17, 15) is 0 Å². The van der Waals surface area contributed by atoms with E-state index in [0.717, 1.165) is 88.6 Å². The van der Waals surface area contributed by atoms with Crippen molar-refractivity contribution in [2.24, 2.45) is 0 Å². The zero-order valence-electron chi connectivity index (χ0n) is 26.5. The average molecular weight is 628 g/mol. The lowest BCUT2D eigenvalue weighted by Crippen LogP contribution is -2.11. The van der Waals surface area contributed by atoms with Gasteiger partial charge in [-0.05, 0) is 53.4 Å². The Morgan fingerprint density at radius 3 is 1.78 bits per heavy atom. The summed E-state index contributed by atoms with van der Waals surface area (Å²) in [4.78, 5) is 2.33. The molecule has 0 aliphatic rings. The quantitative estimate of drug-likeness (QED) is 0.190. The minimum absolute atomic E-state index is 0.892. The molecule has 2 heterocycles. The van der Waals surface area contributed by atoms with E-state index in [-0.39, 0.29) is 0 Å². The topological polar surface area (TPSA) is 29.5 Å². The molecule has 0 unspecified atom stereocenters. The van der Waals surface area contributed by atoms with Crippen LogP contribution in [-0.4, -0.2) is 0 Å². The number of hydrogen-bond acceptors (Lipinski definition) is 3. The normalized spacial score (nSPS) is 11.7. The number of nitrogens with zero attached hydrogens (tertiary/aromatic N) is 1. The van der Waals surface area contributed by atoms with E-state index in [1.54, 1.807) is 0 Å². The molecule has 8 aromatic carbocycles. The first-order valence-electron chi connectivity index (χ1n) is 16.6. The Kier molecular flexibility index (Phi) is 6.18. The minimum atomic E-state index is 0.892. The van der Waals surface area contributed by atoms with Crippen LogP contribution in [-0.2, 0) is 0 Å². The third kappa shape index (κ3) is 4.37. The summed E-state index contributed by atoms with van der Waals surface area (Å²) in [6.45, 7) is 0. The van der Waals surface area contributed by atoms with Crippen molar-refractivity contribution in [2.75, 3.05) is 4.90 Å². The van der Waals surface area contributed by atoms with Gasteiger partial charge in [0.25, 0.3) is 0 Å². The van der Waals surface area contributed by atoms with Gasteiger partial charge in [-0.25, -0.2) is 0 Å². The molecule has 0 aliphatic carbocycles. The van der Waals surface area contributed by atoms with Gasteiger partial charge < -0.3 is 13.7 Å². The summed E-state index contributed by atoms with van der Waals surface area (Å²) in [6, 6.07) is 61.9. The first-order chi connectivity index (χ1) is 24.3. The van der Waals surface area contributed by atoms with E-state index in [0.29, 0.717) is 0 Å². The van der Waals surface area contributed by atoms with Crippen molar-refractivity contribution in [1.82, 2.24) is 0 Å². The molecule has 0 saturated heterocycles. The molecule has 0 fully saturated rings. The van der Waals surface area contributed by atoms with Crippen LogP contribution in [0.4, 0.5) is 17.1 Å². The van der Waals surface area contributed by atoms with Crippen LogP contribution in [0.5, 0.6) is 0 Å². The van der Waals surface area contributed by atoms with E-state index in [1.165, 1.54) is 5.39 Å². The smallest absolute Gasteiger partial charge is 0.143 e. The molecule has 49 heavy (non-hydrogen) atoms. The molecule has 0 aliphatic heterocycles. The molecule has 0 amide bonds. The maximum Gasteiger partial charge on any atom is 0.143 e. The summed E-state index contributed by atoms with van der Waals surface area (Å²) in [5, 5.41) is 6.80. The second kappa shape index (κ2) is 11.0. The number of hydrogen-bond donors (Lipinski definition) is 0. The number of furan rings is 2. The third-order valence-corrected chi connectivity index (χ3v) is 9.68. The van der Waals surface area contributed by atoms with Gasteiger partial charge in [0.15, 0.2) is 0 Å². The van der Waals surface area contributed by atoms with Gasteiger partial charge in [0, 0.05) is 55.0 Å². The fourth-order valence-corrected chi connectivity index (χ4v) is 7.40. The van der Waals surface area contributed by atoms with Crippen LogP contribution in [0.3, 0.4) is 0 Å². The molecule has 0 saturated carbocycles. The van der Waals surface area contributed by atoms with Crippen molar-refractivity contribution in [3.05, 3.63) is 176 Å². The molecule has 0 atom stereocenters. The summed E-state index contributed by atoms with van der Waals surface area (Å²) in [7, 11) is 0. The largest absolute Gasteiger partial charge is 0.455 e. The van der Waals surface area contributed by atoms with Crippen molar-refractivity contribution in [2.45, 2.75) is 0 Å². The van der Waals surface area contributed by atoms with Gasteiger partial charge in [0.05, 0.1) is 5.69 Å². The zero-order chi connectivity index (χ0) is 32.3. The van der Waals surface area contributed by atoms with Crippen molar-refractivity contribution in [1.29, 1.82) is 0 Å². The minimum Gasteiger partial charge on any atom is -0.455 e. The van der Waals surface area contributed by atoms with Crippen LogP contribution in [0, 0.1) is 0 Å². The van der Waals surface area contributed by atoms with E-state index in [2.05, 4.69) is 169 Å². The van der Waals surface area contributed by atoms with E-state index in [4.69, 9.17) is 8.83 Å². The summed E-state index contributed by atoms with van der Waals surface area (Å²) >= 11 is 0. The molecule has 3 heteroatoms. The van der Waals surface area contributed by atoms with Crippen LogP contribution in [0.1, 0.15) is 0 Å². The SMILES string of the molecule is c1ccc(N(c2ccc(-c3cccc4c3oc3ccccc34)cc2)c2ccccc2-c2cccc3c2oc2c4ccccc4ccc32)cc1. The Bertz CT molecular complexity index is 2830. The van der Waals surface area contributed by atoms with E-state index in [1.807, 2.05) is 12.1 Å². The third-order valence-electron chi connectivity index (χ3n) is 9.68. The number of anilines is 3. The second-order valence-corrected chi connectivity index (χ2v) is 12.5. The average Bonchev–Trinajstić information content (AvgIpc) is 3.75. The van der Waals surface area contributed by atoms with Gasteiger partial charge in [-0.2, -0.15) is 0 Å². The molecular weight excluding hydrogens is 599 g/mol. The predicted octanol–water partition coefficient (Wildman–Crippen LogP) is 13.4. The summed E-state index contributed by atoms with van der Waals surface area (Å²) < 4.78 is 13.2. The molecule has 3 nitrogen and oxygen atoms in total. The molecule has 10 aromatic rings. The van der Waals surface area contributed by atoms with Crippen molar-refractivity contribution in [3.8, 4) is 22.3 Å². The first kappa shape index (κ1) is 27.5. The number of benzene rings is 8.